The van der Waals surface area contributed by atoms with Crippen LogP contribution in [0, 0.1) is 0 Å². The molecule has 0 radical (unpaired) electrons. The van der Waals surface area contributed by atoms with Gasteiger partial charge in [-0.05, 0) is 34.6 Å². The van der Waals surface area contributed by atoms with E-state index in [1.165, 1.54) is 34.1 Å². The molecule has 1 unspecified atom stereocenters. The van der Waals surface area contributed by atoms with Gasteiger partial charge < -0.3 is 0 Å². The predicted octanol–water partition coefficient (Wildman–Crippen LogP) is 2.27. The van der Waals surface area contributed by atoms with Gasteiger partial charge in [0, 0.05) is 0 Å². The van der Waals surface area contributed by atoms with Crippen molar-refractivity contribution in [3.05, 3.63) is 53.6 Å². The Kier molecular flexibility index (Phi) is 2.13. The lowest BCUT2D eigenvalue weighted by Gasteiger charge is -2.25. The van der Waals surface area contributed by atoms with Crippen molar-refractivity contribution in [2.45, 2.75) is 19.3 Å². The first-order valence-corrected chi connectivity index (χ1v) is 5.94. The zero-order valence-electron chi connectivity index (χ0n) is 9.83. The first-order chi connectivity index (χ1) is 7.75. The summed E-state index contributed by atoms with van der Waals surface area (Å²) in [5.74, 6) is 0.645. The van der Waals surface area contributed by atoms with Crippen LogP contribution < -0.4 is 5.46 Å². The Bertz CT molecular complexity index is 543. The molecular formula is C15H15B. The van der Waals surface area contributed by atoms with Gasteiger partial charge >= 0.3 is 0 Å². The fourth-order valence-electron chi connectivity index (χ4n) is 2.73. The first-order valence-electron chi connectivity index (χ1n) is 5.94. The van der Waals surface area contributed by atoms with Crippen molar-refractivity contribution in [3.63, 3.8) is 0 Å². The van der Waals surface area contributed by atoms with Crippen LogP contribution in [-0.2, 0) is 6.42 Å². The minimum Gasteiger partial charge on any atom is -0.0883 e. The van der Waals surface area contributed by atoms with E-state index >= 15 is 0 Å². The van der Waals surface area contributed by atoms with Gasteiger partial charge in [0.15, 0.2) is 0 Å². The molecule has 0 aliphatic heterocycles. The minimum atomic E-state index is 0.645. The number of rotatable bonds is 0. The topological polar surface area (TPSA) is 0 Å². The molecule has 1 aliphatic carbocycles. The maximum absolute atomic E-state index is 2.32. The zero-order valence-corrected chi connectivity index (χ0v) is 9.83. The average molecular weight is 206 g/mol. The Hall–Kier alpha value is -1.50. The molecule has 0 fully saturated rings. The quantitative estimate of drug-likeness (QED) is 0.580. The molecule has 16 heavy (non-hydrogen) atoms. The summed E-state index contributed by atoms with van der Waals surface area (Å²) >= 11 is 0. The molecule has 0 aromatic heterocycles. The maximum atomic E-state index is 2.32. The maximum Gasteiger partial charge on any atom is 0.139 e. The van der Waals surface area contributed by atoms with Gasteiger partial charge in [0.25, 0.3) is 0 Å². The molecule has 0 N–H and O–H groups in total. The highest BCUT2D eigenvalue weighted by Gasteiger charge is 2.20. The van der Waals surface area contributed by atoms with E-state index in [1.54, 1.807) is 0 Å². The summed E-state index contributed by atoms with van der Waals surface area (Å²) in [5.41, 5.74) is 7.22. The summed E-state index contributed by atoms with van der Waals surface area (Å²) in [6.07, 6.45) is 1.17. The summed E-state index contributed by atoms with van der Waals surface area (Å²) in [6.45, 7) is 2.32. The molecule has 1 aliphatic rings. The second-order valence-electron chi connectivity index (χ2n) is 4.85. The predicted molar refractivity (Wildman–Crippen MR) is 72.2 cm³/mol. The SMILES string of the molecule is Bc1ccc2c(c1)-c1ccccc1C(C)C2. The molecular weight excluding hydrogens is 191 g/mol. The van der Waals surface area contributed by atoms with E-state index in [0.29, 0.717) is 5.92 Å². The van der Waals surface area contributed by atoms with E-state index in [4.69, 9.17) is 0 Å². The second-order valence-corrected chi connectivity index (χ2v) is 4.85. The zero-order chi connectivity index (χ0) is 11.1. The molecule has 2 aromatic rings. The fourth-order valence-corrected chi connectivity index (χ4v) is 2.73. The van der Waals surface area contributed by atoms with Gasteiger partial charge in [0.2, 0.25) is 0 Å². The van der Waals surface area contributed by atoms with Crippen LogP contribution >= 0.6 is 0 Å². The van der Waals surface area contributed by atoms with E-state index in [-0.39, 0.29) is 0 Å². The van der Waals surface area contributed by atoms with Gasteiger partial charge in [-0.2, -0.15) is 0 Å². The Labute approximate surface area is 97.7 Å². The third kappa shape index (κ3) is 1.39. The van der Waals surface area contributed by atoms with Crippen molar-refractivity contribution in [1.82, 2.24) is 0 Å². The summed E-state index contributed by atoms with van der Waals surface area (Å²) in [5, 5.41) is 0. The highest BCUT2D eigenvalue weighted by Crippen LogP contribution is 2.38. The van der Waals surface area contributed by atoms with Crippen molar-refractivity contribution < 1.29 is 0 Å². The first kappa shape index (κ1) is 9.71. The van der Waals surface area contributed by atoms with Crippen molar-refractivity contribution in [1.29, 1.82) is 0 Å². The number of hydrogen-bond donors (Lipinski definition) is 0. The summed E-state index contributed by atoms with van der Waals surface area (Å²) in [4.78, 5) is 0. The Morgan fingerprint density at radius 1 is 1.06 bits per heavy atom. The Balaban J connectivity index is 2.29. The number of hydrogen-bond acceptors (Lipinski definition) is 0. The molecule has 0 bridgehead atoms. The standard InChI is InChI=1S/C15H15B/c1-10-8-11-6-7-12(16)9-15(11)14-5-3-2-4-13(10)14/h2-7,9-10H,8,16H2,1H3. The van der Waals surface area contributed by atoms with Gasteiger partial charge in [-0.3, -0.25) is 0 Å². The molecule has 1 heteroatoms. The van der Waals surface area contributed by atoms with E-state index < -0.39 is 0 Å². The molecule has 0 amide bonds. The molecule has 0 spiro atoms. The van der Waals surface area contributed by atoms with Gasteiger partial charge in [0.1, 0.15) is 7.85 Å². The van der Waals surface area contributed by atoms with Gasteiger partial charge in [-0.1, -0.05) is 54.9 Å². The third-order valence-corrected chi connectivity index (χ3v) is 3.57. The van der Waals surface area contributed by atoms with Crippen LogP contribution in [-0.4, -0.2) is 7.85 Å². The van der Waals surface area contributed by atoms with Crippen molar-refractivity contribution in [2.24, 2.45) is 0 Å². The monoisotopic (exact) mass is 206 g/mol. The Morgan fingerprint density at radius 2 is 1.88 bits per heavy atom. The lowest BCUT2D eigenvalue weighted by atomic mass is 9.77. The molecule has 2 aromatic carbocycles. The van der Waals surface area contributed by atoms with E-state index in [1.807, 2.05) is 0 Å². The fraction of sp³-hybridized carbons (Fsp3) is 0.200. The highest BCUT2D eigenvalue weighted by atomic mass is 14.2. The second kappa shape index (κ2) is 3.52. The normalized spacial score (nSPS) is 17.7. The van der Waals surface area contributed by atoms with Crippen LogP contribution in [0.25, 0.3) is 11.1 Å². The van der Waals surface area contributed by atoms with Gasteiger partial charge in [0.05, 0.1) is 0 Å². The van der Waals surface area contributed by atoms with E-state index in [2.05, 4.69) is 57.2 Å². The van der Waals surface area contributed by atoms with Crippen molar-refractivity contribution >= 4 is 13.3 Å². The number of fused-ring (bicyclic) bond motifs is 3. The van der Waals surface area contributed by atoms with Crippen molar-refractivity contribution in [3.8, 4) is 11.1 Å². The molecule has 0 saturated carbocycles. The van der Waals surface area contributed by atoms with Gasteiger partial charge in [-0.25, -0.2) is 0 Å². The van der Waals surface area contributed by atoms with Crippen LogP contribution in [0.1, 0.15) is 24.0 Å². The molecule has 0 saturated heterocycles. The molecule has 78 valence electrons. The molecule has 0 heterocycles. The largest absolute Gasteiger partial charge is 0.139 e. The minimum absolute atomic E-state index is 0.645. The van der Waals surface area contributed by atoms with Crippen LogP contribution in [0.5, 0.6) is 0 Å². The summed E-state index contributed by atoms with van der Waals surface area (Å²) in [7, 11) is 2.17. The highest BCUT2D eigenvalue weighted by molar-refractivity contribution is 6.32. The van der Waals surface area contributed by atoms with Gasteiger partial charge in [-0.15, -0.1) is 0 Å². The van der Waals surface area contributed by atoms with Crippen LogP contribution in [0.15, 0.2) is 42.5 Å². The van der Waals surface area contributed by atoms with E-state index in [0.717, 1.165) is 0 Å². The lowest BCUT2D eigenvalue weighted by Crippen LogP contribution is -2.12. The molecule has 3 rings (SSSR count). The van der Waals surface area contributed by atoms with E-state index in [9.17, 15) is 0 Å². The van der Waals surface area contributed by atoms with Crippen LogP contribution in [0.3, 0.4) is 0 Å². The average Bonchev–Trinajstić information content (AvgIpc) is 2.31. The smallest absolute Gasteiger partial charge is 0.0883 e. The van der Waals surface area contributed by atoms with Crippen LogP contribution in [0.2, 0.25) is 0 Å². The Morgan fingerprint density at radius 3 is 2.75 bits per heavy atom. The summed E-state index contributed by atoms with van der Waals surface area (Å²) < 4.78 is 0. The summed E-state index contributed by atoms with van der Waals surface area (Å²) in [6, 6.07) is 15.6. The van der Waals surface area contributed by atoms with Crippen LogP contribution in [0.4, 0.5) is 0 Å². The lowest BCUT2D eigenvalue weighted by molar-refractivity contribution is 0.749. The number of benzene rings is 2. The van der Waals surface area contributed by atoms with Crippen molar-refractivity contribution in [2.75, 3.05) is 0 Å². The third-order valence-electron chi connectivity index (χ3n) is 3.57. The molecule has 1 atom stereocenters. The molecule has 0 nitrogen and oxygen atoms in total.